The number of rotatable bonds is 3. The van der Waals surface area contributed by atoms with Crippen LogP contribution in [0.1, 0.15) is 11.4 Å². The van der Waals surface area contributed by atoms with E-state index in [1.807, 2.05) is 47.4 Å². The Bertz CT molecular complexity index is 579. The Morgan fingerprint density at radius 1 is 1.11 bits per heavy atom. The van der Waals surface area contributed by atoms with Crippen LogP contribution in [0.5, 0.6) is 0 Å². The summed E-state index contributed by atoms with van der Waals surface area (Å²) in [5.41, 5.74) is 1.10. The Morgan fingerprint density at radius 2 is 1.89 bits per heavy atom. The first kappa shape index (κ1) is 11.8. The Hall–Kier alpha value is -2.27. The van der Waals surface area contributed by atoms with Crippen LogP contribution in [0.3, 0.4) is 0 Å². The van der Waals surface area contributed by atoms with Crippen LogP contribution in [0.25, 0.3) is 12.2 Å². The van der Waals surface area contributed by atoms with Crippen LogP contribution in [0.15, 0.2) is 36.7 Å². The molecule has 0 aliphatic carbocycles. The number of benzene rings is 1. The lowest BCUT2D eigenvalue weighted by Crippen LogP contribution is -2.51. The van der Waals surface area contributed by atoms with E-state index < -0.39 is 0 Å². The van der Waals surface area contributed by atoms with Crippen LogP contribution < -0.4 is 4.90 Å². The second kappa shape index (κ2) is 5.16. The Labute approximate surface area is 111 Å². The molecule has 1 saturated heterocycles. The molecule has 19 heavy (non-hydrogen) atoms. The zero-order valence-electron chi connectivity index (χ0n) is 10.3. The molecule has 1 fully saturated rings. The molecule has 1 aromatic heterocycles. The molecule has 0 atom stereocenters. The van der Waals surface area contributed by atoms with Gasteiger partial charge in [0.25, 0.3) is 0 Å². The van der Waals surface area contributed by atoms with E-state index in [0.717, 1.165) is 5.56 Å². The van der Waals surface area contributed by atoms with E-state index in [4.69, 9.17) is 0 Å². The number of aliphatic hydroxyl groups excluding tert-OH is 1. The normalized spacial score (nSPS) is 15.7. The summed E-state index contributed by atoms with van der Waals surface area (Å²) in [5, 5.41) is 9.27. The number of hydrogen-bond donors (Lipinski definition) is 1. The van der Waals surface area contributed by atoms with Gasteiger partial charge in [0.2, 0.25) is 5.95 Å². The standard InChI is InChI=1S/C14H14N4O/c19-12-8-18(9-12)14-16-10-15-13(17-14)7-6-11-4-2-1-3-5-11/h1-7,10,12,19H,8-9H2. The summed E-state index contributed by atoms with van der Waals surface area (Å²) in [5.74, 6) is 1.24. The van der Waals surface area contributed by atoms with Gasteiger partial charge in [-0.2, -0.15) is 4.98 Å². The van der Waals surface area contributed by atoms with Crippen LogP contribution in [-0.4, -0.2) is 39.3 Å². The van der Waals surface area contributed by atoms with Crippen molar-refractivity contribution in [1.82, 2.24) is 15.0 Å². The quantitative estimate of drug-likeness (QED) is 0.892. The van der Waals surface area contributed by atoms with Gasteiger partial charge in [0, 0.05) is 13.1 Å². The molecular formula is C14H14N4O. The fraction of sp³-hybridized carbons (Fsp3) is 0.214. The predicted molar refractivity (Wildman–Crippen MR) is 73.4 cm³/mol. The molecule has 0 saturated carbocycles. The summed E-state index contributed by atoms with van der Waals surface area (Å²) in [6.07, 6.45) is 5.05. The lowest BCUT2D eigenvalue weighted by atomic mass is 10.2. The van der Waals surface area contributed by atoms with E-state index in [9.17, 15) is 5.11 Å². The van der Waals surface area contributed by atoms with E-state index >= 15 is 0 Å². The third kappa shape index (κ3) is 2.77. The van der Waals surface area contributed by atoms with Crippen molar-refractivity contribution < 1.29 is 5.11 Å². The fourth-order valence-corrected chi connectivity index (χ4v) is 1.89. The smallest absolute Gasteiger partial charge is 0.229 e. The Balaban J connectivity index is 1.75. The Morgan fingerprint density at radius 3 is 2.63 bits per heavy atom. The first-order valence-corrected chi connectivity index (χ1v) is 6.16. The minimum absolute atomic E-state index is 0.264. The van der Waals surface area contributed by atoms with Crippen molar-refractivity contribution in [2.24, 2.45) is 0 Å². The predicted octanol–water partition coefficient (Wildman–Crippen LogP) is 1.22. The lowest BCUT2D eigenvalue weighted by Gasteiger charge is -2.35. The molecule has 96 valence electrons. The van der Waals surface area contributed by atoms with Gasteiger partial charge in [-0.05, 0) is 11.6 Å². The van der Waals surface area contributed by atoms with E-state index in [1.165, 1.54) is 6.33 Å². The summed E-state index contributed by atoms with van der Waals surface area (Å²) in [6, 6.07) is 9.99. The van der Waals surface area contributed by atoms with Gasteiger partial charge in [-0.3, -0.25) is 0 Å². The van der Waals surface area contributed by atoms with Crippen LogP contribution in [0, 0.1) is 0 Å². The number of β-amino-alcohol motifs (C(OH)–C–C–N with tert-alkyl or cyclic N) is 1. The summed E-state index contributed by atoms with van der Waals surface area (Å²) in [4.78, 5) is 14.5. The van der Waals surface area contributed by atoms with Crippen LogP contribution in [-0.2, 0) is 0 Å². The number of nitrogens with zero attached hydrogens (tertiary/aromatic N) is 4. The van der Waals surface area contributed by atoms with Crippen molar-refractivity contribution in [3.63, 3.8) is 0 Å². The van der Waals surface area contributed by atoms with Gasteiger partial charge < -0.3 is 10.0 Å². The van der Waals surface area contributed by atoms with Gasteiger partial charge in [0.15, 0.2) is 5.82 Å². The largest absolute Gasteiger partial charge is 0.389 e. The van der Waals surface area contributed by atoms with E-state index in [2.05, 4.69) is 15.0 Å². The van der Waals surface area contributed by atoms with Crippen molar-refractivity contribution in [3.05, 3.63) is 48.0 Å². The Kier molecular flexibility index (Phi) is 3.20. The van der Waals surface area contributed by atoms with E-state index in [0.29, 0.717) is 24.9 Å². The van der Waals surface area contributed by atoms with Gasteiger partial charge in [-0.15, -0.1) is 0 Å². The number of aromatic nitrogens is 3. The highest BCUT2D eigenvalue weighted by Crippen LogP contribution is 2.15. The third-order valence-corrected chi connectivity index (χ3v) is 2.95. The molecule has 0 bridgehead atoms. The van der Waals surface area contributed by atoms with E-state index in [1.54, 1.807) is 0 Å². The molecule has 0 radical (unpaired) electrons. The molecule has 2 heterocycles. The molecule has 1 N–H and O–H groups in total. The highest BCUT2D eigenvalue weighted by atomic mass is 16.3. The zero-order valence-corrected chi connectivity index (χ0v) is 10.3. The summed E-state index contributed by atoms with van der Waals surface area (Å²) < 4.78 is 0. The molecule has 2 aromatic rings. The van der Waals surface area contributed by atoms with Gasteiger partial charge in [0.05, 0.1) is 6.10 Å². The summed E-state index contributed by atoms with van der Waals surface area (Å²) in [6.45, 7) is 1.18. The SMILES string of the molecule is OC1CN(c2ncnc(C=Cc3ccccc3)n2)C1. The first-order chi connectivity index (χ1) is 9.31. The van der Waals surface area contributed by atoms with Crippen molar-refractivity contribution >= 4 is 18.1 Å². The average molecular weight is 254 g/mol. The molecular weight excluding hydrogens is 240 g/mol. The van der Waals surface area contributed by atoms with Crippen LogP contribution >= 0.6 is 0 Å². The third-order valence-electron chi connectivity index (χ3n) is 2.95. The van der Waals surface area contributed by atoms with Gasteiger partial charge >= 0.3 is 0 Å². The summed E-state index contributed by atoms with van der Waals surface area (Å²) >= 11 is 0. The van der Waals surface area contributed by atoms with Gasteiger partial charge in [-0.1, -0.05) is 36.4 Å². The van der Waals surface area contributed by atoms with Crippen molar-refractivity contribution in [2.45, 2.75) is 6.10 Å². The molecule has 1 aromatic carbocycles. The average Bonchev–Trinajstić information content (AvgIpc) is 2.43. The summed E-state index contributed by atoms with van der Waals surface area (Å²) in [7, 11) is 0. The minimum atomic E-state index is -0.264. The lowest BCUT2D eigenvalue weighted by molar-refractivity contribution is 0.140. The number of anilines is 1. The zero-order chi connectivity index (χ0) is 13.1. The second-order valence-corrected chi connectivity index (χ2v) is 4.45. The van der Waals surface area contributed by atoms with Gasteiger partial charge in [-0.25, -0.2) is 9.97 Å². The molecule has 0 amide bonds. The van der Waals surface area contributed by atoms with E-state index in [-0.39, 0.29) is 6.10 Å². The number of hydrogen-bond acceptors (Lipinski definition) is 5. The molecule has 0 unspecified atom stereocenters. The van der Waals surface area contributed by atoms with Crippen molar-refractivity contribution in [3.8, 4) is 0 Å². The van der Waals surface area contributed by atoms with Crippen molar-refractivity contribution in [2.75, 3.05) is 18.0 Å². The fourth-order valence-electron chi connectivity index (χ4n) is 1.89. The molecule has 0 spiro atoms. The molecule has 3 rings (SSSR count). The van der Waals surface area contributed by atoms with Crippen LogP contribution in [0.4, 0.5) is 5.95 Å². The number of aliphatic hydroxyl groups is 1. The maximum absolute atomic E-state index is 9.27. The maximum Gasteiger partial charge on any atom is 0.229 e. The maximum atomic E-state index is 9.27. The monoisotopic (exact) mass is 254 g/mol. The molecule has 5 heteroatoms. The molecule has 5 nitrogen and oxygen atoms in total. The van der Waals surface area contributed by atoms with Gasteiger partial charge in [0.1, 0.15) is 6.33 Å². The molecule has 1 aliphatic rings. The molecule has 1 aliphatic heterocycles. The highest BCUT2D eigenvalue weighted by molar-refractivity contribution is 5.66. The van der Waals surface area contributed by atoms with Crippen LogP contribution in [0.2, 0.25) is 0 Å². The highest BCUT2D eigenvalue weighted by Gasteiger charge is 2.26. The first-order valence-electron chi connectivity index (χ1n) is 6.16. The van der Waals surface area contributed by atoms with Crippen molar-refractivity contribution in [1.29, 1.82) is 0 Å². The second-order valence-electron chi connectivity index (χ2n) is 4.45. The minimum Gasteiger partial charge on any atom is -0.389 e. The topological polar surface area (TPSA) is 62.1 Å².